The SMILES string of the molecule is [2H]C([2H])(c1ccc2scc(-c3nc4ccccc4n3-c3c(-c4ccccc4)cc(C)cc3-c3ccccc3)c2c1)C(C)C. The van der Waals surface area contributed by atoms with Crippen LogP contribution < -0.4 is 0 Å². The Hall–Kier alpha value is -4.47. The zero-order valence-corrected chi connectivity index (χ0v) is 24.2. The van der Waals surface area contributed by atoms with Crippen molar-refractivity contribution in [2.24, 2.45) is 5.92 Å². The van der Waals surface area contributed by atoms with Crippen LogP contribution in [0.2, 0.25) is 0 Å². The summed E-state index contributed by atoms with van der Waals surface area (Å²) in [7, 11) is 0. The van der Waals surface area contributed by atoms with E-state index in [0.29, 0.717) is 5.56 Å². The van der Waals surface area contributed by atoms with Crippen molar-refractivity contribution >= 4 is 32.5 Å². The van der Waals surface area contributed by atoms with Gasteiger partial charge in [-0.3, -0.25) is 4.57 Å². The largest absolute Gasteiger partial charge is 0.291 e. The molecule has 7 aromatic rings. The minimum Gasteiger partial charge on any atom is -0.291 e. The third-order valence-corrected chi connectivity index (χ3v) is 8.44. The van der Waals surface area contributed by atoms with Gasteiger partial charge in [-0.1, -0.05) is 92.7 Å². The molecule has 2 aromatic heterocycles. The molecule has 2 nitrogen and oxygen atoms in total. The number of aryl methyl sites for hydroxylation is 1. The molecule has 0 saturated heterocycles. The van der Waals surface area contributed by atoms with Crippen LogP contribution in [0.4, 0.5) is 0 Å². The number of benzene rings is 5. The van der Waals surface area contributed by atoms with Gasteiger partial charge in [-0.2, -0.15) is 0 Å². The molecule has 0 aliphatic heterocycles. The van der Waals surface area contributed by atoms with E-state index < -0.39 is 6.37 Å². The number of imidazole rings is 1. The molecular formula is C38H32N2S. The quantitative estimate of drug-likeness (QED) is 0.201. The average molecular weight is 551 g/mol. The molecule has 0 spiro atoms. The van der Waals surface area contributed by atoms with E-state index in [1.807, 2.05) is 32.0 Å². The molecule has 0 bridgehead atoms. The Labute approximate surface area is 248 Å². The monoisotopic (exact) mass is 550 g/mol. The summed E-state index contributed by atoms with van der Waals surface area (Å²) >= 11 is 1.68. The number of thiophene rings is 1. The third-order valence-electron chi connectivity index (χ3n) is 7.48. The van der Waals surface area contributed by atoms with Gasteiger partial charge in [0, 0.05) is 34.9 Å². The maximum absolute atomic E-state index is 8.81. The lowest BCUT2D eigenvalue weighted by atomic mass is 9.93. The second-order valence-electron chi connectivity index (χ2n) is 10.9. The van der Waals surface area contributed by atoms with E-state index in [1.54, 1.807) is 11.3 Å². The lowest BCUT2D eigenvalue weighted by molar-refractivity contribution is 0.648. The second-order valence-corrected chi connectivity index (χ2v) is 11.8. The van der Waals surface area contributed by atoms with Crippen molar-refractivity contribution in [3.05, 3.63) is 132 Å². The zero-order chi connectivity index (χ0) is 29.7. The minimum absolute atomic E-state index is 0.147. The second kappa shape index (κ2) is 10.5. The Morgan fingerprint density at radius 3 is 2.05 bits per heavy atom. The van der Waals surface area contributed by atoms with E-state index in [9.17, 15) is 0 Å². The van der Waals surface area contributed by atoms with Crippen molar-refractivity contribution in [3.63, 3.8) is 0 Å². The van der Waals surface area contributed by atoms with Crippen LogP contribution in [0.3, 0.4) is 0 Å². The molecular weight excluding hydrogens is 516 g/mol. The maximum atomic E-state index is 8.81. The Bertz CT molecular complexity index is 2030. The third kappa shape index (κ3) is 4.67. The fourth-order valence-corrected chi connectivity index (χ4v) is 6.67. The molecule has 3 heteroatoms. The molecule has 0 fully saturated rings. The normalized spacial score (nSPS) is 12.7. The fraction of sp³-hybridized carbons (Fsp3) is 0.132. The van der Waals surface area contributed by atoms with Crippen LogP contribution in [0.5, 0.6) is 0 Å². The molecule has 0 amide bonds. The van der Waals surface area contributed by atoms with Gasteiger partial charge in [-0.25, -0.2) is 4.98 Å². The Morgan fingerprint density at radius 2 is 1.39 bits per heavy atom. The van der Waals surface area contributed by atoms with Gasteiger partial charge in [0.25, 0.3) is 0 Å². The molecule has 0 radical (unpaired) electrons. The fourth-order valence-electron chi connectivity index (χ4n) is 5.75. The summed E-state index contributed by atoms with van der Waals surface area (Å²) in [6.45, 7) is 6.03. The Balaban J connectivity index is 1.60. The van der Waals surface area contributed by atoms with Gasteiger partial charge < -0.3 is 0 Å². The first-order chi connectivity index (χ1) is 20.8. The molecule has 2 heterocycles. The summed E-state index contributed by atoms with van der Waals surface area (Å²) in [5.41, 5.74) is 10.5. The molecule has 0 N–H and O–H groups in total. The van der Waals surface area contributed by atoms with Crippen LogP contribution in [0, 0.1) is 12.8 Å². The first kappa shape index (κ1) is 23.3. The molecule has 0 atom stereocenters. The minimum atomic E-state index is -1.44. The van der Waals surface area contributed by atoms with Crippen LogP contribution in [0.25, 0.3) is 60.4 Å². The lowest BCUT2D eigenvalue weighted by Gasteiger charge is -2.20. The highest BCUT2D eigenvalue weighted by Gasteiger charge is 2.23. The van der Waals surface area contributed by atoms with Crippen molar-refractivity contribution in [2.75, 3.05) is 0 Å². The topological polar surface area (TPSA) is 17.8 Å². The molecule has 7 rings (SSSR count). The molecule has 0 saturated carbocycles. The number of nitrogens with zero attached hydrogens (tertiary/aromatic N) is 2. The number of para-hydroxylation sites is 2. The number of hydrogen-bond acceptors (Lipinski definition) is 2. The zero-order valence-electron chi connectivity index (χ0n) is 25.4. The first-order valence-electron chi connectivity index (χ1n) is 15.1. The summed E-state index contributed by atoms with van der Waals surface area (Å²) in [4.78, 5) is 5.28. The van der Waals surface area contributed by atoms with E-state index in [2.05, 4.69) is 114 Å². The van der Waals surface area contributed by atoms with Gasteiger partial charge in [0.15, 0.2) is 0 Å². The van der Waals surface area contributed by atoms with Crippen LogP contribution in [0.15, 0.2) is 121 Å². The molecule has 0 aliphatic carbocycles. The number of aromatic nitrogens is 2. The van der Waals surface area contributed by atoms with E-state index in [0.717, 1.165) is 60.4 Å². The van der Waals surface area contributed by atoms with E-state index in [-0.39, 0.29) is 5.92 Å². The highest BCUT2D eigenvalue weighted by atomic mass is 32.1. The molecule has 200 valence electrons. The Kier molecular flexibility index (Phi) is 5.95. The predicted molar refractivity (Wildman–Crippen MR) is 176 cm³/mol. The van der Waals surface area contributed by atoms with Gasteiger partial charge in [-0.05, 0) is 77.9 Å². The van der Waals surface area contributed by atoms with Crippen LogP contribution in [-0.2, 0) is 6.37 Å². The molecule has 0 unspecified atom stereocenters. The van der Waals surface area contributed by atoms with Crippen molar-refractivity contribution < 1.29 is 2.74 Å². The molecule has 41 heavy (non-hydrogen) atoms. The van der Waals surface area contributed by atoms with Crippen LogP contribution in [-0.4, -0.2) is 9.55 Å². The number of fused-ring (bicyclic) bond motifs is 2. The number of rotatable bonds is 6. The molecule has 5 aromatic carbocycles. The molecule has 0 aliphatic rings. The maximum Gasteiger partial charge on any atom is 0.147 e. The van der Waals surface area contributed by atoms with E-state index in [4.69, 9.17) is 7.73 Å². The van der Waals surface area contributed by atoms with Crippen molar-refractivity contribution in [1.29, 1.82) is 0 Å². The summed E-state index contributed by atoms with van der Waals surface area (Å²) in [5, 5.41) is 3.20. The van der Waals surface area contributed by atoms with Crippen LogP contribution >= 0.6 is 11.3 Å². The van der Waals surface area contributed by atoms with E-state index in [1.165, 1.54) is 5.56 Å². The summed E-state index contributed by atoms with van der Waals surface area (Å²) < 4.78 is 21.1. The highest BCUT2D eigenvalue weighted by molar-refractivity contribution is 7.17. The summed E-state index contributed by atoms with van der Waals surface area (Å²) in [6.07, 6.45) is -1.44. The predicted octanol–water partition coefficient (Wildman–Crippen LogP) is 10.7. The highest BCUT2D eigenvalue weighted by Crippen LogP contribution is 2.43. The van der Waals surface area contributed by atoms with Gasteiger partial charge in [-0.15, -0.1) is 11.3 Å². The van der Waals surface area contributed by atoms with Gasteiger partial charge in [0.2, 0.25) is 0 Å². The lowest BCUT2D eigenvalue weighted by Crippen LogP contribution is -2.03. The van der Waals surface area contributed by atoms with Gasteiger partial charge in [0.1, 0.15) is 5.82 Å². The van der Waals surface area contributed by atoms with Crippen LogP contribution in [0.1, 0.15) is 27.7 Å². The first-order valence-corrected chi connectivity index (χ1v) is 15.0. The average Bonchev–Trinajstić information content (AvgIpc) is 3.62. The Morgan fingerprint density at radius 1 is 0.756 bits per heavy atom. The van der Waals surface area contributed by atoms with Gasteiger partial charge in [0.05, 0.1) is 16.7 Å². The smallest absolute Gasteiger partial charge is 0.147 e. The van der Waals surface area contributed by atoms with E-state index >= 15 is 0 Å². The number of hydrogen-bond donors (Lipinski definition) is 0. The van der Waals surface area contributed by atoms with Gasteiger partial charge >= 0.3 is 0 Å². The van der Waals surface area contributed by atoms with Crippen molar-refractivity contribution in [1.82, 2.24) is 9.55 Å². The summed E-state index contributed by atoms with van der Waals surface area (Å²) in [5.74, 6) is 0.707. The standard InChI is InChI=1S/C38H32N2S/c1-25(2)20-27-18-19-36-32(23-27)33(24-41-36)38-39-34-16-10-11-17-35(34)40(38)37-30(28-12-6-4-7-13-28)21-26(3)22-31(37)29-14-8-5-9-15-29/h4-19,21-25H,20H2,1-3H3/i20D2. The summed E-state index contributed by atoms with van der Waals surface area (Å²) in [6, 6.07) is 40.1. The van der Waals surface area contributed by atoms with Crippen molar-refractivity contribution in [3.8, 4) is 39.3 Å². The van der Waals surface area contributed by atoms with Crippen molar-refractivity contribution in [2.45, 2.75) is 27.1 Å².